The molecular weight excluding hydrogens is 276 g/mol. The van der Waals surface area contributed by atoms with Gasteiger partial charge < -0.3 is 4.74 Å². The Morgan fingerprint density at radius 1 is 0.947 bits per heavy atom. The molecule has 2 heterocycles. The van der Waals surface area contributed by atoms with Crippen molar-refractivity contribution in [1.29, 1.82) is 0 Å². The minimum absolute atomic E-state index is 0.0976. The van der Waals surface area contributed by atoms with Gasteiger partial charge in [-0.2, -0.15) is 23.5 Å². The van der Waals surface area contributed by atoms with Gasteiger partial charge in [0.25, 0.3) is 0 Å². The molecule has 0 bridgehead atoms. The molecule has 106 valence electrons. The minimum atomic E-state index is 0.0976. The molecule has 4 fully saturated rings. The van der Waals surface area contributed by atoms with Crippen LogP contribution in [0, 0.1) is 11.8 Å². The Bertz CT molecular complexity index is 373. The third-order valence-electron chi connectivity index (χ3n) is 5.22. The first-order valence-corrected chi connectivity index (χ1v) is 9.65. The van der Waals surface area contributed by atoms with Crippen LogP contribution in [0.4, 0.5) is 0 Å². The molecule has 4 heteroatoms. The van der Waals surface area contributed by atoms with Gasteiger partial charge in [-0.1, -0.05) is 0 Å². The lowest BCUT2D eigenvalue weighted by Crippen LogP contribution is -2.25. The SMILES string of the molecule is O=C(OCCC1CCC2SC2C1)C1CCC2SC2C1. The van der Waals surface area contributed by atoms with Crippen LogP contribution in [-0.2, 0) is 9.53 Å². The molecule has 6 unspecified atom stereocenters. The number of carbonyl (C=O) groups excluding carboxylic acids is 1. The van der Waals surface area contributed by atoms with Gasteiger partial charge in [-0.3, -0.25) is 4.79 Å². The Hall–Kier alpha value is 0.170. The smallest absolute Gasteiger partial charge is 0.308 e. The highest BCUT2D eigenvalue weighted by Crippen LogP contribution is 2.53. The zero-order chi connectivity index (χ0) is 12.8. The molecule has 0 aromatic carbocycles. The van der Waals surface area contributed by atoms with Gasteiger partial charge in [-0.15, -0.1) is 0 Å². The van der Waals surface area contributed by atoms with Crippen molar-refractivity contribution in [3.63, 3.8) is 0 Å². The van der Waals surface area contributed by atoms with E-state index in [4.69, 9.17) is 4.74 Å². The van der Waals surface area contributed by atoms with E-state index in [1.807, 2.05) is 0 Å². The number of rotatable bonds is 4. The lowest BCUT2D eigenvalue weighted by molar-refractivity contribution is -0.149. The number of fused-ring (bicyclic) bond motifs is 2. The molecule has 4 aliphatic rings. The molecule has 0 amide bonds. The highest BCUT2D eigenvalue weighted by molar-refractivity contribution is 8.07. The molecule has 19 heavy (non-hydrogen) atoms. The second-order valence-electron chi connectivity index (χ2n) is 6.57. The van der Waals surface area contributed by atoms with Crippen LogP contribution in [0.15, 0.2) is 0 Å². The molecule has 6 atom stereocenters. The summed E-state index contributed by atoms with van der Waals surface area (Å²) in [5, 5.41) is 3.62. The van der Waals surface area contributed by atoms with Crippen molar-refractivity contribution in [2.75, 3.05) is 6.61 Å². The zero-order valence-corrected chi connectivity index (χ0v) is 12.9. The quantitative estimate of drug-likeness (QED) is 0.586. The topological polar surface area (TPSA) is 26.3 Å². The summed E-state index contributed by atoms with van der Waals surface area (Å²) >= 11 is 4.22. The summed E-state index contributed by atoms with van der Waals surface area (Å²) in [6.45, 7) is 0.670. The summed E-state index contributed by atoms with van der Waals surface area (Å²) in [5.41, 5.74) is 0. The van der Waals surface area contributed by atoms with Gasteiger partial charge in [0.05, 0.1) is 12.5 Å². The number of esters is 1. The number of thioether (sulfide) groups is 2. The van der Waals surface area contributed by atoms with Crippen molar-refractivity contribution in [2.24, 2.45) is 11.8 Å². The molecule has 0 radical (unpaired) electrons. The van der Waals surface area contributed by atoms with Crippen LogP contribution in [0.2, 0.25) is 0 Å². The van der Waals surface area contributed by atoms with E-state index in [1.165, 1.54) is 25.7 Å². The van der Waals surface area contributed by atoms with Gasteiger partial charge in [0.15, 0.2) is 0 Å². The molecule has 0 spiro atoms. The van der Waals surface area contributed by atoms with Crippen molar-refractivity contribution in [2.45, 2.75) is 65.9 Å². The largest absolute Gasteiger partial charge is 0.465 e. The van der Waals surface area contributed by atoms with E-state index in [0.29, 0.717) is 6.61 Å². The van der Waals surface area contributed by atoms with Crippen molar-refractivity contribution >= 4 is 29.5 Å². The minimum Gasteiger partial charge on any atom is -0.465 e. The molecule has 4 rings (SSSR count). The average Bonchev–Trinajstić information content (AvgIpc) is 3.31. The maximum atomic E-state index is 12.0. The highest BCUT2D eigenvalue weighted by atomic mass is 32.2. The number of carbonyl (C=O) groups is 1. The molecule has 2 saturated heterocycles. The molecule has 2 aliphatic carbocycles. The molecule has 0 N–H and O–H groups in total. The summed E-state index contributed by atoms with van der Waals surface area (Å²) in [6.07, 6.45) is 8.61. The normalized spacial score (nSPS) is 46.9. The maximum absolute atomic E-state index is 12.0. The molecule has 0 aromatic rings. The van der Waals surface area contributed by atoms with Crippen LogP contribution >= 0.6 is 23.5 Å². The van der Waals surface area contributed by atoms with E-state index in [-0.39, 0.29) is 11.9 Å². The summed E-state index contributed by atoms with van der Waals surface area (Å²) < 4.78 is 5.54. The Morgan fingerprint density at radius 3 is 2.42 bits per heavy atom. The van der Waals surface area contributed by atoms with E-state index in [9.17, 15) is 4.79 Å². The van der Waals surface area contributed by atoms with Crippen LogP contribution in [0.25, 0.3) is 0 Å². The Morgan fingerprint density at radius 2 is 1.68 bits per heavy atom. The third kappa shape index (κ3) is 2.94. The lowest BCUT2D eigenvalue weighted by Gasteiger charge is -2.22. The summed E-state index contributed by atoms with van der Waals surface area (Å²) in [7, 11) is 0. The monoisotopic (exact) mass is 298 g/mol. The van der Waals surface area contributed by atoms with Crippen LogP contribution in [0.1, 0.15) is 44.9 Å². The van der Waals surface area contributed by atoms with Crippen molar-refractivity contribution in [3.05, 3.63) is 0 Å². The molecule has 2 nitrogen and oxygen atoms in total. The second-order valence-corrected chi connectivity index (χ2v) is 9.54. The Labute approximate surface area is 123 Å². The van der Waals surface area contributed by atoms with E-state index >= 15 is 0 Å². The van der Waals surface area contributed by atoms with Crippen molar-refractivity contribution < 1.29 is 9.53 Å². The van der Waals surface area contributed by atoms with Gasteiger partial charge in [0.1, 0.15) is 0 Å². The van der Waals surface area contributed by atoms with Gasteiger partial charge in [0.2, 0.25) is 0 Å². The Kier molecular flexibility index (Phi) is 3.51. The maximum Gasteiger partial charge on any atom is 0.308 e. The highest BCUT2D eigenvalue weighted by Gasteiger charge is 2.45. The van der Waals surface area contributed by atoms with E-state index in [1.54, 1.807) is 0 Å². The van der Waals surface area contributed by atoms with Crippen LogP contribution in [0.5, 0.6) is 0 Å². The first-order valence-electron chi connectivity index (χ1n) is 7.77. The van der Waals surface area contributed by atoms with Crippen molar-refractivity contribution in [1.82, 2.24) is 0 Å². The lowest BCUT2D eigenvalue weighted by atomic mass is 9.87. The van der Waals surface area contributed by atoms with E-state index in [2.05, 4.69) is 23.5 Å². The summed E-state index contributed by atoms with van der Waals surface area (Å²) in [5.74, 6) is 1.13. The standard InChI is InChI=1S/C15H22O2S2/c16-15(10-2-4-12-14(8-10)19-12)17-6-5-9-1-3-11-13(7-9)18-11/h9-14H,1-8H2. The Balaban J connectivity index is 1.16. The van der Waals surface area contributed by atoms with Gasteiger partial charge in [-0.05, 0) is 50.9 Å². The van der Waals surface area contributed by atoms with E-state index in [0.717, 1.165) is 46.2 Å². The third-order valence-corrected chi connectivity index (χ3v) is 8.16. The van der Waals surface area contributed by atoms with Gasteiger partial charge >= 0.3 is 5.97 Å². The van der Waals surface area contributed by atoms with Gasteiger partial charge in [-0.25, -0.2) is 0 Å². The predicted molar refractivity (Wildman–Crippen MR) is 80.6 cm³/mol. The first kappa shape index (κ1) is 12.9. The molecular formula is C15H22O2S2. The van der Waals surface area contributed by atoms with Crippen LogP contribution in [0.3, 0.4) is 0 Å². The summed E-state index contributed by atoms with van der Waals surface area (Å²) in [6, 6.07) is 0. The zero-order valence-electron chi connectivity index (χ0n) is 11.3. The molecule has 0 aromatic heterocycles. The fourth-order valence-electron chi connectivity index (χ4n) is 3.81. The van der Waals surface area contributed by atoms with Crippen LogP contribution < -0.4 is 0 Å². The molecule has 2 aliphatic heterocycles. The average molecular weight is 298 g/mol. The summed E-state index contributed by atoms with van der Waals surface area (Å²) in [4.78, 5) is 12.0. The first-order chi connectivity index (χ1) is 9.29. The van der Waals surface area contributed by atoms with Crippen LogP contribution in [-0.4, -0.2) is 33.6 Å². The van der Waals surface area contributed by atoms with Crippen molar-refractivity contribution in [3.8, 4) is 0 Å². The van der Waals surface area contributed by atoms with E-state index < -0.39 is 0 Å². The number of ether oxygens (including phenoxy) is 1. The molecule has 2 saturated carbocycles. The second kappa shape index (κ2) is 5.18. The number of hydrogen-bond donors (Lipinski definition) is 0. The fourth-order valence-corrected chi connectivity index (χ4v) is 6.29. The predicted octanol–water partition coefficient (Wildman–Crippen LogP) is 3.49. The number of hydrogen-bond acceptors (Lipinski definition) is 4. The van der Waals surface area contributed by atoms with Gasteiger partial charge in [0, 0.05) is 21.0 Å². The fraction of sp³-hybridized carbons (Fsp3) is 0.933.